The lowest BCUT2D eigenvalue weighted by Gasteiger charge is -2.16. The van der Waals surface area contributed by atoms with E-state index in [0.29, 0.717) is 17.8 Å². The molecule has 0 saturated heterocycles. The predicted molar refractivity (Wildman–Crippen MR) is 74.6 cm³/mol. The molecular weight excluding hydrogens is 258 g/mol. The van der Waals surface area contributed by atoms with E-state index in [-0.39, 0.29) is 23.5 Å². The first-order valence-corrected chi connectivity index (χ1v) is 6.92. The molecule has 2 rings (SSSR count). The molecule has 1 amide bonds. The second-order valence-corrected chi connectivity index (χ2v) is 5.48. The second kappa shape index (κ2) is 5.75. The average molecular weight is 279 g/mol. The Kier molecular flexibility index (Phi) is 4.23. The van der Waals surface area contributed by atoms with Gasteiger partial charge in [0.2, 0.25) is 0 Å². The maximum atomic E-state index is 12.2. The van der Waals surface area contributed by atoms with Gasteiger partial charge in [-0.15, -0.1) is 0 Å². The maximum Gasteiger partial charge on any atom is 0.279 e. The van der Waals surface area contributed by atoms with Crippen LogP contribution in [0.1, 0.15) is 40.9 Å². The molecule has 1 aliphatic carbocycles. The number of aryl methyl sites for hydroxylation is 2. The first kappa shape index (κ1) is 14.7. The van der Waals surface area contributed by atoms with Gasteiger partial charge in [-0.25, -0.2) is 4.68 Å². The summed E-state index contributed by atoms with van der Waals surface area (Å²) in [7, 11) is 1.53. The van der Waals surface area contributed by atoms with Crippen LogP contribution in [-0.2, 0) is 7.05 Å². The van der Waals surface area contributed by atoms with Crippen LogP contribution in [0.5, 0.6) is 0 Å². The van der Waals surface area contributed by atoms with E-state index in [9.17, 15) is 14.7 Å². The number of aromatic nitrogens is 2. The molecule has 0 radical (unpaired) electrons. The Labute approximate surface area is 117 Å². The van der Waals surface area contributed by atoms with Crippen LogP contribution in [0.25, 0.3) is 0 Å². The zero-order chi connectivity index (χ0) is 14.9. The van der Waals surface area contributed by atoms with Gasteiger partial charge in [0, 0.05) is 19.5 Å². The zero-order valence-electron chi connectivity index (χ0n) is 12.1. The van der Waals surface area contributed by atoms with Crippen molar-refractivity contribution < 1.29 is 9.90 Å². The summed E-state index contributed by atoms with van der Waals surface area (Å²) in [5.74, 6) is -0.293. The van der Waals surface area contributed by atoms with Crippen molar-refractivity contribution in [3.8, 4) is 0 Å². The number of hydrogen-bond donors (Lipinski definition) is 2. The summed E-state index contributed by atoms with van der Waals surface area (Å²) in [4.78, 5) is 24.3. The van der Waals surface area contributed by atoms with Crippen LogP contribution >= 0.6 is 0 Å². The van der Waals surface area contributed by atoms with Gasteiger partial charge in [0.15, 0.2) is 0 Å². The van der Waals surface area contributed by atoms with E-state index < -0.39 is 5.56 Å². The Morgan fingerprint density at radius 1 is 1.45 bits per heavy atom. The summed E-state index contributed by atoms with van der Waals surface area (Å²) in [6, 6.07) is 0. The van der Waals surface area contributed by atoms with Crippen molar-refractivity contribution in [1.29, 1.82) is 0 Å². The minimum Gasteiger partial charge on any atom is -0.393 e. The number of carbonyl (C=O) groups excluding carboxylic acids is 1. The van der Waals surface area contributed by atoms with Crippen LogP contribution in [0.15, 0.2) is 4.79 Å². The second-order valence-electron chi connectivity index (χ2n) is 5.48. The van der Waals surface area contributed by atoms with E-state index in [4.69, 9.17) is 0 Å². The van der Waals surface area contributed by atoms with Gasteiger partial charge in [-0.3, -0.25) is 9.59 Å². The van der Waals surface area contributed by atoms with Crippen LogP contribution in [-0.4, -0.2) is 33.4 Å². The van der Waals surface area contributed by atoms with Gasteiger partial charge < -0.3 is 10.4 Å². The first-order valence-electron chi connectivity index (χ1n) is 6.92. The summed E-state index contributed by atoms with van der Waals surface area (Å²) in [5, 5.41) is 16.6. The first-order chi connectivity index (χ1) is 9.41. The van der Waals surface area contributed by atoms with Crippen molar-refractivity contribution in [2.24, 2.45) is 13.0 Å². The van der Waals surface area contributed by atoms with Gasteiger partial charge in [0.25, 0.3) is 11.5 Å². The third-order valence-corrected chi connectivity index (χ3v) is 4.10. The van der Waals surface area contributed by atoms with Crippen molar-refractivity contribution in [3.63, 3.8) is 0 Å². The van der Waals surface area contributed by atoms with E-state index in [1.165, 1.54) is 11.7 Å². The molecule has 6 nitrogen and oxygen atoms in total. The van der Waals surface area contributed by atoms with Crippen LogP contribution in [0.2, 0.25) is 0 Å². The van der Waals surface area contributed by atoms with Crippen LogP contribution in [0, 0.1) is 19.8 Å². The molecule has 2 N–H and O–H groups in total. The van der Waals surface area contributed by atoms with E-state index in [1.54, 1.807) is 13.8 Å². The fourth-order valence-electron chi connectivity index (χ4n) is 2.68. The van der Waals surface area contributed by atoms with Gasteiger partial charge in [0.1, 0.15) is 5.56 Å². The zero-order valence-corrected chi connectivity index (χ0v) is 12.1. The molecular formula is C14H21N3O3. The normalized spacial score (nSPS) is 22.0. The van der Waals surface area contributed by atoms with Gasteiger partial charge >= 0.3 is 0 Å². The quantitative estimate of drug-likeness (QED) is 0.833. The highest BCUT2D eigenvalue weighted by molar-refractivity contribution is 5.95. The Bertz CT molecular complexity index is 580. The Balaban J connectivity index is 2.15. The topological polar surface area (TPSA) is 84.2 Å². The van der Waals surface area contributed by atoms with E-state index in [0.717, 1.165) is 19.3 Å². The Morgan fingerprint density at radius 3 is 2.75 bits per heavy atom. The molecule has 1 saturated carbocycles. The maximum absolute atomic E-state index is 12.2. The van der Waals surface area contributed by atoms with Crippen molar-refractivity contribution in [2.45, 2.75) is 39.2 Å². The number of carbonyl (C=O) groups is 1. The highest BCUT2D eigenvalue weighted by Gasteiger charge is 2.26. The monoisotopic (exact) mass is 279 g/mol. The smallest absolute Gasteiger partial charge is 0.279 e. The van der Waals surface area contributed by atoms with E-state index in [1.807, 2.05) is 0 Å². The molecule has 1 aromatic rings. The molecule has 1 aliphatic rings. The molecule has 1 heterocycles. The standard InChI is InChI=1S/C14H21N3O3/c1-8-9(2)16-17(3)14(20)12(8)13(19)15-7-10-5-4-6-11(10)18/h10-11,18H,4-7H2,1-3H3,(H,15,19). The number of nitrogens with zero attached hydrogens (tertiary/aromatic N) is 2. The Morgan fingerprint density at radius 2 is 2.15 bits per heavy atom. The summed E-state index contributed by atoms with van der Waals surface area (Å²) in [6.45, 7) is 3.90. The largest absolute Gasteiger partial charge is 0.393 e. The van der Waals surface area contributed by atoms with Crippen molar-refractivity contribution in [1.82, 2.24) is 15.1 Å². The fraction of sp³-hybridized carbons (Fsp3) is 0.643. The number of amides is 1. The SMILES string of the molecule is Cc1nn(C)c(=O)c(C(=O)NCC2CCCC2O)c1C. The van der Waals surface area contributed by atoms with Crippen LogP contribution < -0.4 is 10.9 Å². The molecule has 6 heteroatoms. The molecule has 20 heavy (non-hydrogen) atoms. The van der Waals surface area contributed by atoms with Crippen molar-refractivity contribution in [2.75, 3.05) is 6.54 Å². The van der Waals surface area contributed by atoms with E-state index in [2.05, 4.69) is 10.4 Å². The summed E-state index contributed by atoms with van der Waals surface area (Å²) >= 11 is 0. The van der Waals surface area contributed by atoms with Gasteiger partial charge in [0.05, 0.1) is 11.8 Å². The van der Waals surface area contributed by atoms with Crippen molar-refractivity contribution in [3.05, 3.63) is 27.2 Å². The van der Waals surface area contributed by atoms with Gasteiger partial charge in [-0.05, 0) is 32.3 Å². The molecule has 0 bridgehead atoms. The third kappa shape index (κ3) is 2.75. The highest BCUT2D eigenvalue weighted by Crippen LogP contribution is 2.24. The minimum absolute atomic E-state index is 0.0889. The summed E-state index contributed by atoms with van der Waals surface area (Å²) in [6.07, 6.45) is 2.33. The van der Waals surface area contributed by atoms with E-state index >= 15 is 0 Å². The molecule has 0 spiro atoms. The molecule has 1 aromatic heterocycles. The summed E-state index contributed by atoms with van der Waals surface area (Å²) < 4.78 is 1.18. The molecule has 110 valence electrons. The van der Waals surface area contributed by atoms with Gasteiger partial charge in [-0.2, -0.15) is 5.10 Å². The third-order valence-electron chi connectivity index (χ3n) is 4.10. The number of rotatable bonds is 3. The lowest BCUT2D eigenvalue weighted by atomic mass is 10.1. The van der Waals surface area contributed by atoms with Gasteiger partial charge in [-0.1, -0.05) is 6.42 Å². The predicted octanol–water partition coefficient (Wildman–Crippen LogP) is 0.288. The molecule has 2 atom stereocenters. The molecule has 0 aromatic carbocycles. The average Bonchev–Trinajstić information content (AvgIpc) is 2.80. The molecule has 0 aliphatic heterocycles. The minimum atomic E-state index is -0.391. The molecule has 2 unspecified atom stereocenters. The molecule has 1 fully saturated rings. The number of aliphatic hydroxyl groups excluding tert-OH is 1. The fourth-order valence-corrected chi connectivity index (χ4v) is 2.68. The number of nitrogens with one attached hydrogen (secondary N) is 1. The van der Waals surface area contributed by atoms with Crippen LogP contribution in [0.3, 0.4) is 0 Å². The number of aliphatic hydroxyl groups is 1. The lowest BCUT2D eigenvalue weighted by molar-refractivity contribution is 0.0913. The summed E-state index contributed by atoms with van der Waals surface area (Å²) in [5.41, 5.74) is 1.03. The number of hydrogen-bond acceptors (Lipinski definition) is 4. The lowest BCUT2D eigenvalue weighted by Crippen LogP contribution is -2.38. The van der Waals surface area contributed by atoms with Crippen molar-refractivity contribution >= 4 is 5.91 Å². The Hall–Kier alpha value is -1.69. The highest BCUT2D eigenvalue weighted by atomic mass is 16.3. The van der Waals surface area contributed by atoms with Crippen LogP contribution in [0.4, 0.5) is 0 Å².